The molecule has 0 aromatic heterocycles. The fourth-order valence-electron chi connectivity index (χ4n) is 1.44. The molecule has 0 fully saturated rings. The van der Waals surface area contributed by atoms with E-state index in [9.17, 15) is 8.42 Å². The zero-order chi connectivity index (χ0) is 14.3. The summed E-state index contributed by atoms with van der Waals surface area (Å²) in [6, 6.07) is 7.80. The Labute approximate surface area is 115 Å². The molecule has 0 radical (unpaired) electrons. The van der Waals surface area contributed by atoms with E-state index in [0.717, 1.165) is 17.7 Å². The van der Waals surface area contributed by atoms with E-state index in [4.69, 9.17) is 9.47 Å². The van der Waals surface area contributed by atoms with Crippen LogP contribution in [0.1, 0.15) is 5.56 Å². The van der Waals surface area contributed by atoms with Gasteiger partial charge >= 0.3 is 0 Å². The molecule has 0 spiro atoms. The lowest BCUT2D eigenvalue weighted by atomic mass is 10.1. The van der Waals surface area contributed by atoms with Gasteiger partial charge in [-0.25, -0.2) is 12.7 Å². The molecule has 0 saturated carbocycles. The van der Waals surface area contributed by atoms with E-state index in [2.05, 4.69) is 0 Å². The lowest BCUT2D eigenvalue weighted by Crippen LogP contribution is -2.29. The van der Waals surface area contributed by atoms with Crippen molar-refractivity contribution in [3.63, 3.8) is 0 Å². The van der Waals surface area contributed by atoms with Crippen molar-refractivity contribution in [1.82, 2.24) is 4.31 Å². The summed E-state index contributed by atoms with van der Waals surface area (Å²) in [5.41, 5.74) is 1.16. The molecule has 0 N–H and O–H groups in total. The summed E-state index contributed by atoms with van der Waals surface area (Å²) in [6.45, 7) is 1.35. The van der Waals surface area contributed by atoms with Gasteiger partial charge in [-0.3, -0.25) is 0 Å². The molecule has 5 nitrogen and oxygen atoms in total. The summed E-state index contributed by atoms with van der Waals surface area (Å²) in [5.74, 6) is 0.833. The molecule has 108 valence electrons. The topological polar surface area (TPSA) is 55.8 Å². The molecule has 1 aromatic rings. The summed E-state index contributed by atoms with van der Waals surface area (Å²) in [4.78, 5) is 0. The minimum atomic E-state index is -3.11. The van der Waals surface area contributed by atoms with Crippen molar-refractivity contribution in [3.05, 3.63) is 29.8 Å². The summed E-state index contributed by atoms with van der Waals surface area (Å²) in [5, 5.41) is 0. The van der Waals surface area contributed by atoms with Gasteiger partial charge < -0.3 is 9.47 Å². The Morgan fingerprint density at radius 1 is 1.16 bits per heavy atom. The second-order valence-electron chi connectivity index (χ2n) is 4.29. The zero-order valence-corrected chi connectivity index (χ0v) is 12.4. The van der Waals surface area contributed by atoms with Crippen molar-refractivity contribution in [2.45, 2.75) is 6.42 Å². The Morgan fingerprint density at radius 2 is 1.79 bits per heavy atom. The number of methoxy groups -OCH3 is 1. The van der Waals surface area contributed by atoms with E-state index >= 15 is 0 Å². The van der Waals surface area contributed by atoms with Crippen LogP contribution in [-0.4, -0.2) is 52.9 Å². The van der Waals surface area contributed by atoms with Crippen LogP contribution in [0.3, 0.4) is 0 Å². The van der Waals surface area contributed by atoms with E-state index in [-0.39, 0.29) is 0 Å². The average molecular weight is 287 g/mol. The Kier molecular flexibility index (Phi) is 6.27. The van der Waals surface area contributed by atoms with Gasteiger partial charge in [-0.2, -0.15) is 0 Å². The summed E-state index contributed by atoms with van der Waals surface area (Å²) < 4.78 is 34.0. The maximum Gasteiger partial charge on any atom is 0.211 e. The van der Waals surface area contributed by atoms with E-state index < -0.39 is 10.0 Å². The highest BCUT2D eigenvalue weighted by Crippen LogP contribution is 2.11. The quantitative estimate of drug-likeness (QED) is 0.673. The van der Waals surface area contributed by atoms with Gasteiger partial charge in [0.1, 0.15) is 5.75 Å². The zero-order valence-electron chi connectivity index (χ0n) is 11.6. The van der Waals surface area contributed by atoms with Gasteiger partial charge in [0.25, 0.3) is 0 Å². The highest BCUT2D eigenvalue weighted by atomic mass is 32.2. The third-order valence-corrected chi connectivity index (χ3v) is 4.13. The van der Waals surface area contributed by atoms with Crippen LogP contribution < -0.4 is 4.74 Å². The summed E-state index contributed by atoms with van der Waals surface area (Å²) in [6.07, 6.45) is 1.98. The van der Waals surface area contributed by atoms with Crippen LogP contribution in [0.2, 0.25) is 0 Å². The maximum absolute atomic E-state index is 11.1. The molecule has 0 bridgehead atoms. The smallest absolute Gasteiger partial charge is 0.211 e. The minimum Gasteiger partial charge on any atom is -0.497 e. The standard InChI is InChI=1S/C13H21NO4S/c1-14(19(3,15)16)9-11-18-10-8-12-4-6-13(17-2)7-5-12/h4-7H,8-11H2,1-3H3. The Morgan fingerprint density at radius 3 is 2.32 bits per heavy atom. The highest BCUT2D eigenvalue weighted by Gasteiger charge is 2.09. The number of likely N-dealkylation sites (N-methyl/N-ethyl adjacent to an activating group) is 1. The van der Waals surface area contributed by atoms with Crippen LogP contribution in [0.15, 0.2) is 24.3 Å². The highest BCUT2D eigenvalue weighted by molar-refractivity contribution is 7.88. The van der Waals surface area contributed by atoms with E-state index in [0.29, 0.717) is 19.8 Å². The van der Waals surface area contributed by atoms with Crippen LogP contribution in [0.4, 0.5) is 0 Å². The van der Waals surface area contributed by atoms with Crippen molar-refractivity contribution >= 4 is 10.0 Å². The van der Waals surface area contributed by atoms with Crippen molar-refractivity contribution in [2.24, 2.45) is 0 Å². The van der Waals surface area contributed by atoms with Crippen LogP contribution in [0, 0.1) is 0 Å². The molecule has 1 aromatic carbocycles. The monoisotopic (exact) mass is 287 g/mol. The molecule has 0 saturated heterocycles. The predicted octanol–water partition coefficient (Wildman–Crippen LogP) is 1.15. The summed E-state index contributed by atoms with van der Waals surface area (Å²) >= 11 is 0. The van der Waals surface area contributed by atoms with E-state index in [1.165, 1.54) is 10.6 Å². The first kappa shape index (κ1) is 15.9. The Bertz CT molecular complexity index is 470. The number of benzene rings is 1. The lowest BCUT2D eigenvalue weighted by molar-refractivity contribution is 0.129. The van der Waals surface area contributed by atoms with Gasteiger partial charge in [-0.1, -0.05) is 12.1 Å². The first-order valence-electron chi connectivity index (χ1n) is 6.05. The molecule has 0 aliphatic rings. The molecular formula is C13H21NO4S. The molecule has 1 rings (SSSR count). The van der Waals surface area contributed by atoms with Crippen molar-refractivity contribution in [3.8, 4) is 5.75 Å². The molecule has 19 heavy (non-hydrogen) atoms. The molecule has 0 amide bonds. The van der Waals surface area contributed by atoms with Crippen LogP contribution in [0.25, 0.3) is 0 Å². The van der Waals surface area contributed by atoms with Crippen LogP contribution in [-0.2, 0) is 21.2 Å². The molecule has 0 unspecified atom stereocenters. The molecule has 0 aliphatic heterocycles. The number of sulfonamides is 1. The van der Waals surface area contributed by atoms with Gasteiger partial charge in [0.05, 0.1) is 26.6 Å². The van der Waals surface area contributed by atoms with E-state index in [1.54, 1.807) is 14.2 Å². The first-order chi connectivity index (χ1) is 8.93. The fourth-order valence-corrected chi connectivity index (χ4v) is 1.85. The minimum absolute atomic E-state index is 0.376. The predicted molar refractivity (Wildman–Crippen MR) is 75.0 cm³/mol. The molecule has 0 aliphatic carbocycles. The van der Waals surface area contributed by atoms with E-state index in [1.807, 2.05) is 24.3 Å². The lowest BCUT2D eigenvalue weighted by Gasteiger charge is -2.13. The Balaban J connectivity index is 2.20. The largest absolute Gasteiger partial charge is 0.497 e. The average Bonchev–Trinajstić information content (AvgIpc) is 2.37. The van der Waals surface area contributed by atoms with Gasteiger partial charge in [-0.05, 0) is 24.1 Å². The van der Waals surface area contributed by atoms with Crippen molar-refractivity contribution in [1.29, 1.82) is 0 Å². The third-order valence-electron chi connectivity index (χ3n) is 2.81. The Hall–Kier alpha value is -1.11. The molecule has 0 heterocycles. The first-order valence-corrected chi connectivity index (χ1v) is 7.90. The van der Waals surface area contributed by atoms with Crippen LogP contribution in [0.5, 0.6) is 5.75 Å². The number of rotatable bonds is 8. The fraction of sp³-hybridized carbons (Fsp3) is 0.538. The maximum atomic E-state index is 11.1. The van der Waals surface area contributed by atoms with Crippen molar-refractivity contribution in [2.75, 3.05) is 40.2 Å². The number of hydrogen-bond acceptors (Lipinski definition) is 4. The van der Waals surface area contributed by atoms with Crippen LogP contribution >= 0.6 is 0 Å². The van der Waals surface area contributed by atoms with Gasteiger partial charge in [0.2, 0.25) is 10.0 Å². The number of hydrogen-bond donors (Lipinski definition) is 0. The van der Waals surface area contributed by atoms with Crippen molar-refractivity contribution < 1.29 is 17.9 Å². The molecule has 6 heteroatoms. The second-order valence-corrected chi connectivity index (χ2v) is 6.38. The second kappa shape index (κ2) is 7.47. The summed E-state index contributed by atoms with van der Waals surface area (Å²) in [7, 11) is 0.0687. The van der Waals surface area contributed by atoms with Gasteiger partial charge in [-0.15, -0.1) is 0 Å². The molecule has 0 atom stereocenters. The SMILES string of the molecule is COc1ccc(CCOCCN(C)S(C)(=O)=O)cc1. The number of ether oxygens (including phenoxy) is 2. The van der Waals surface area contributed by atoms with Gasteiger partial charge in [0.15, 0.2) is 0 Å². The third kappa shape index (κ3) is 6.04. The number of nitrogens with zero attached hydrogens (tertiary/aromatic N) is 1. The van der Waals surface area contributed by atoms with Gasteiger partial charge in [0, 0.05) is 13.6 Å². The normalized spacial score (nSPS) is 11.8. The molecular weight excluding hydrogens is 266 g/mol.